The molecule has 37 heteroatoms. The third kappa shape index (κ3) is 29.9. The van der Waals surface area contributed by atoms with Gasteiger partial charge in [0, 0.05) is 29.9 Å². The van der Waals surface area contributed by atoms with E-state index in [0.717, 1.165) is 32.6 Å². The van der Waals surface area contributed by atoms with Crippen molar-refractivity contribution in [2.45, 2.75) is 197 Å². The molecule has 578 valence electrons. The molecule has 1 aliphatic heterocycles. The number of amides is 13. The minimum Gasteiger partial charge on any atom is -0.481 e. The number of carbonyl (C=O) groups is 16. The zero-order chi connectivity index (χ0) is 78.0. The Kier molecular flexibility index (Phi) is 36.4. The molecule has 13 atom stereocenters. The van der Waals surface area contributed by atoms with Gasteiger partial charge in [0.15, 0.2) is 0 Å². The van der Waals surface area contributed by atoms with Crippen LogP contribution in [0.1, 0.15) is 123 Å². The molecule has 1 aliphatic rings. The molecule has 13 amide bonds. The Hall–Kier alpha value is -10.7. The Labute approximate surface area is 605 Å². The number of unbranched alkanes of at least 4 members (excludes halogenated alkanes) is 2. The molecular formula is C68H100N16O21. The van der Waals surface area contributed by atoms with Crippen molar-refractivity contribution in [2.24, 2.45) is 29.0 Å². The fourth-order valence-corrected chi connectivity index (χ4v) is 11.0. The first kappa shape index (κ1) is 86.7. The summed E-state index contributed by atoms with van der Waals surface area (Å²) in [7, 11) is 0. The number of carboxylic acids is 2. The average molecular weight is 1480 g/mol. The van der Waals surface area contributed by atoms with E-state index in [0.29, 0.717) is 34.4 Å². The number of carbonyl (C=O) groups excluding carboxylic acids is 14. The number of aliphatic hydroxyl groups is 2. The third-order valence-corrected chi connectivity index (χ3v) is 17.0. The minimum atomic E-state index is -2.14. The number of benzene rings is 2. The van der Waals surface area contributed by atoms with Crippen molar-refractivity contribution in [3.05, 3.63) is 71.9 Å². The topological polar surface area (TPSA) is 601 Å². The standard InChI is InChI=1S/C68H100N16O21/c1-6-36(4)15-9-7-12-18-40(86)27-52(88)77-50(34-85)65(101)84-58-37(5)105-68(104)49(25-38-16-10-8-11-17-38)82-62(98)44(22-24-70)78-66(102)57(35(2)3)83-64(100)45(26-39-31-72-42-20-14-13-19-41(39)42)75-53(89)32-73-60(96)48(30-56(93)94)81-63(99)46(28-51(71)87)76-54(90)33-74-59(95)47(29-55(91)92)80-61(97)43(21-23-69)79-67(58)103/h8,10-11,13-14,16-17,19-20,31,35-37,40,43-50,57-58,72,85-86H,6-7,9,12,15,18,21-30,32-34,69-70H2,1-5H3,(H2,71,87)(H,73,96)(H,74,95)(H,75,89)(H,76,90)(H,77,88)(H,78,102)(H,79,103)(H,80,97)(H,81,99)(H,82,98)(H,83,100)(H,84,101)(H,91,92)(H,93,94)/t36?,37-,40?,43?,44+,45+,46-,47+,48-,49?,50-,57?,58?/m1/s1. The number of aliphatic hydroxyl groups excluding tert-OH is 2. The number of H-pyrrole nitrogens is 1. The zero-order valence-electron chi connectivity index (χ0n) is 59.3. The number of hydrogen-bond acceptors (Lipinski definition) is 21. The number of fused-ring (bicyclic) bond motifs is 1. The normalized spacial score (nSPS) is 23.1. The van der Waals surface area contributed by atoms with Crippen LogP contribution in [0.25, 0.3) is 10.9 Å². The Balaban J connectivity index is 1.84. The molecule has 0 radical (unpaired) electrons. The molecule has 0 bridgehead atoms. The predicted molar refractivity (Wildman–Crippen MR) is 374 cm³/mol. The lowest BCUT2D eigenvalue weighted by Crippen LogP contribution is -2.62. The van der Waals surface area contributed by atoms with E-state index in [9.17, 15) is 97.1 Å². The number of aromatic amines is 1. The first-order chi connectivity index (χ1) is 49.8. The fraction of sp³-hybridized carbons (Fsp3) is 0.559. The predicted octanol–water partition coefficient (Wildman–Crippen LogP) is -5.10. The molecule has 1 aromatic heterocycles. The first-order valence-corrected chi connectivity index (χ1v) is 34.5. The van der Waals surface area contributed by atoms with Gasteiger partial charge in [0.2, 0.25) is 76.8 Å². The van der Waals surface area contributed by atoms with Crippen molar-refractivity contribution in [3.8, 4) is 0 Å². The van der Waals surface area contributed by atoms with Crippen LogP contribution in [-0.2, 0) is 94.3 Å². The van der Waals surface area contributed by atoms with E-state index in [2.05, 4.69) is 77.3 Å². The quantitative estimate of drug-likeness (QED) is 0.0239. The summed E-state index contributed by atoms with van der Waals surface area (Å²) in [6.07, 6.45) is -2.39. The maximum Gasteiger partial charge on any atom is 0.329 e. The van der Waals surface area contributed by atoms with Crippen molar-refractivity contribution < 1.29 is 102 Å². The van der Waals surface area contributed by atoms with Gasteiger partial charge in [-0.2, -0.15) is 0 Å². The lowest BCUT2D eigenvalue weighted by Gasteiger charge is -2.30. The van der Waals surface area contributed by atoms with Gasteiger partial charge in [0.1, 0.15) is 66.5 Å². The third-order valence-electron chi connectivity index (χ3n) is 17.0. The van der Waals surface area contributed by atoms with Crippen LogP contribution < -0.4 is 81.0 Å². The number of carboxylic acid groups (broad SMARTS) is 2. The van der Waals surface area contributed by atoms with Gasteiger partial charge in [-0.15, -0.1) is 0 Å². The van der Waals surface area contributed by atoms with E-state index in [4.69, 9.17) is 21.9 Å². The number of cyclic esters (lactones) is 1. The van der Waals surface area contributed by atoms with Gasteiger partial charge in [-0.1, -0.05) is 108 Å². The van der Waals surface area contributed by atoms with Gasteiger partial charge in [0.25, 0.3) is 0 Å². The molecule has 6 unspecified atom stereocenters. The number of ether oxygens (including phenoxy) is 1. The smallest absolute Gasteiger partial charge is 0.329 e. The van der Waals surface area contributed by atoms with E-state index in [-0.39, 0.29) is 32.2 Å². The first-order valence-electron chi connectivity index (χ1n) is 34.5. The molecule has 4 rings (SSSR count). The second-order valence-electron chi connectivity index (χ2n) is 25.9. The summed E-state index contributed by atoms with van der Waals surface area (Å²) in [5, 5.41) is 69.1. The van der Waals surface area contributed by atoms with Crippen LogP contribution in [0.15, 0.2) is 60.8 Å². The molecule has 0 spiro atoms. The van der Waals surface area contributed by atoms with Crippen molar-refractivity contribution in [1.82, 2.24) is 68.8 Å². The van der Waals surface area contributed by atoms with Crippen LogP contribution in [0.2, 0.25) is 0 Å². The number of para-hydroxylation sites is 1. The van der Waals surface area contributed by atoms with E-state index >= 15 is 0 Å². The van der Waals surface area contributed by atoms with Crippen molar-refractivity contribution in [1.29, 1.82) is 0 Å². The largest absolute Gasteiger partial charge is 0.481 e. The van der Waals surface area contributed by atoms with Crippen molar-refractivity contribution >= 4 is 106 Å². The van der Waals surface area contributed by atoms with Gasteiger partial charge >= 0.3 is 17.9 Å². The van der Waals surface area contributed by atoms with Gasteiger partial charge < -0.3 is 111 Å². The fourth-order valence-electron chi connectivity index (χ4n) is 11.0. The number of hydrogen-bond donors (Lipinski definition) is 20. The maximum absolute atomic E-state index is 14.8. The van der Waals surface area contributed by atoms with Gasteiger partial charge in [-0.05, 0) is 68.3 Å². The van der Waals surface area contributed by atoms with Crippen LogP contribution in [0.3, 0.4) is 0 Å². The van der Waals surface area contributed by atoms with Gasteiger partial charge in [-0.25, -0.2) is 4.79 Å². The summed E-state index contributed by atoms with van der Waals surface area (Å²) >= 11 is 0. The van der Waals surface area contributed by atoms with Crippen LogP contribution in [0.4, 0.5) is 0 Å². The molecule has 23 N–H and O–H groups in total. The average Bonchev–Trinajstić information content (AvgIpc) is 1.75. The summed E-state index contributed by atoms with van der Waals surface area (Å²) in [5.74, 6) is -20.6. The second-order valence-corrected chi connectivity index (χ2v) is 25.9. The van der Waals surface area contributed by atoms with E-state index in [1.54, 1.807) is 60.8 Å². The summed E-state index contributed by atoms with van der Waals surface area (Å²) in [6, 6.07) is -3.54. The SMILES string of the molecule is CCC(C)CCCCCC(O)CC(=O)N[C@H](CO)C(=O)NC1C(=O)NC(CCN)C(=O)N[C@@H](CC(=O)O)C(=O)NCC(=O)N[C@H](CC(N)=O)C(=O)N[C@H](CC(=O)O)C(=O)NCC(=O)N[C@@H](Cc2c[nH]c3ccccc23)C(=O)NC(C(C)C)C(=O)N[C@@H](CCN)C(=O)NC(Cc2ccccc2)C(=O)O[C@@H]1C. The lowest BCUT2D eigenvalue weighted by atomic mass is 9.99. The molecule has 1 fully saturated rings. The maximum atomic E-state index is 14.8. The molecule has 0 saturated carbocycles. The molecule has 1 saturated heterocycles. The molecule has 105 heavy (non-hydrogen) atoms. The Morgan fingerprint density at radius 1 is 0.590 bits per heavy atom. The van der Waals surface area contributed by atoms with Crippen LogP contribution in [-0.4, -0.2) is 226 Å². The number of esters is 1. The van der Waals surface area contributed by atoms with Gasteiger partial charge in [0.05, 0.1) is 51.5 Å². The van der Waals surface area contributed by atoms with Crippen LogP contribution in [0.5, 0.6) is 0 Å². The molecule has 3 aromatic rings. The molecule has 0 aliphatic carbocycles. The summed E-state index contributed by atoms with van der Waals surface area (Å²) in [4.78, 5) is 223. The summed E-state index contributed by atoms with van der Waals surface area (Å²) < 4.78 is 5.86. The zero-order valence-corrected chi connectivity index (χ0v) is 59.3. The van der Waals surface area contributed by atoms with E-state index in [1.165, 1.54) is 13.8 Å². The molecule has 37 nitrogen and oxygen atoms in total. The number of aliphatic carboxylic acids is 2. The number of aromatic nitrogens is 1. The van der Waals surface area contributed by atoms with E-state index < -0.39 is 232 Å². The van der Waals surface area contributed by atoms with Crippen LogP contribution in [0, 0.1) is 11.8 Å². The molecule has 2 aromatic carbocycles. The highest BCUT2D eigenvalue weighted by atomic mass is 16.5. The minimum absolute atomic E-state index is 0.223. The van der Waals surface area contributed by atoms with E-state index in [1.807, 2.05) is 5.32 Å². The summed E-state index contributed by atoms with van der Waals surface area (Å²) in [5.41, 5.74) is 18.7. The number of primary amides is 1. The Morgan fingerprint density at radius 3 is 1.64 bits per heavy atom. The number of nitrogens with two attached hydrogens (primary N) is 3. The monoisotopic (exact) mass is 1480 g/mol. The lowest BCUT2D eigenvalue weighted by molar-refractivity contribution is -0.156. The Morgan fingerprint density at radius 2 is 1.10 bits per heavy atom. The highest BCUT2D eigenvalue weighted by molar-refractivity contribution is 6.01. The Bertz CT molecular complexity index is 3520. The number of nitrogens with one attached hydrogen (secondary N) is 13. The van der Waals surface area contributed by atoms with Crippen molar-refractivity contribution in [2.75, 3.05) is 32.8 Å². The highest BCUT2D eigenvalue weighted by Crippen LogP contribution is 2.21. The highest BCUT2D eigenvalue weighted by Gasteiger charge is 2.40. The number of rotatable bonds is 28. The van der Waals surface area contributed by atoms with Crippen LogP contribution >= 0.6 is 0 Å². The second kappa shape index (κ2) is 44.1. The molecular weight excluding hydrogens is 1380 g/mol. The van der Waals surface area contributed by atoms with Crippen molar-refractivity contribution in [3.63, 3.8) is 0 Å². The molecule has 2 heterocycles. The van der Waals surface area contributed by atoms with Gasteiger partial charge in [-0.3, -0.25) is 71.9 Å². The summed E-state index contributed by atoms with van der Waals surface area (Å²) in [6.45, 7) is 4.42.